The number of methoxy groups -OCH3 is 1. The van der Waals surface area contributed by atoms with E-state index in [4.69, 9.17) is 33.4 Å². The van der Waals surface area contributed by atoms with Crippen molar-refractivity contribution < 1.29 is 92.0 Å². The minimum Gasteiger partial charge on any atom is -0.497 e. The van der Waals surface area contributed by atoms with Crippen molar-refractivity contribution >= 4 is 129 Å². The van der Waals surface area contributed by atoms with Crippen LogP contribution in [0.3, 0.4) is 0 Å². The minimum atomic E-state index is -1.95. The van der Waals surface area contributed by atoms with Crippen LogP contribution in [0.15, 0.2) is 65.9 Å². The number of likely N-dealkylation sites (tertiary alicyclic amines) is 1. The van der Waals surface area contributed by atoms with Crippen LogP contribution >= 0.6 is 23.5 Å². The molecule has 2 aromatic heterocycles. The molecule has 4 aromatic rings. The summed E-state index contributed by atoms with van der Waals surface area (Å²) in [5.74, 6) is -16.5. The average Bonchev–Trinajstić information content (AvgIpc) is 1.63. The van der Waals surface area contributed by atoms with Crippen LogP contribution in [0.2, 0.25) is 0 Å². The summed E-state index contributed by atoms with van der Waals surface area (Å²) in [7, 11) is 1.49. The number of rotatable bonds is 49. The van der Waals surface area contributed by atoms with Crippen molar-refractivity contribution in [1.29, 1.82) is 0 Å². The van der Waals surface area contributed by atoms with E-state index in [2.05, 4.69) is 73.5 Å². The number of primary amides is 2. The van der Waals surface area contributed by atoms with Crippen LogP contribution in [-0.4, -0.2) is 258 Å². The second-order valence-corrected chi connectivity index (χ2v) is 29.6. The summed E-state index contributed by atoms with van der Waals surface area (Å²) >= 11 is 2.69. The van der Waals surface area contributed by atoms with Gasteiger partial charge in [0.15, 0.2) is 5.96 Å². The van der Waals surface area contributed by atoms with Gasteiger partial charge in [-0.2, -0.15) is 23.5 Å². The maximum atomic E-state index is 15.7. The molecular formula is C72H107N21O19S2. The number of hydrogen-bond donors (Lipinski definition) is 19. The first-order valence-corrected chi connectivity index (χ1v) is 39.7. The second kappa shape index (κ2) is 46.1. The van der Waals surface area contributed by atoms with Crippen molar-refractivity contribution in [2.45, 2.75) is 190 Å². The number of aromatic nitrogens is 4. The number of aliphatic hydroxyl groups excluding tert-OH is 1. The normalized spacial score (nSPS) is 16.6. The van der Waals surface area contributed by atoms with Gasteiger partial charge in [-0.15, -0.1) is 5.10 Å². The molecule has 15 atom stereocenters. The quantitative estimate of drug-likeness (QED) is 0.0115. The number of amides is 13. The highest BCUT2D eigenvalue weighted by molar-refractivity contribution is 7.98. The maximum absolute atomic E-state index is 15.7. The molecule has 40 nitrogen and oxygen atoms in total. The Hall–Kier alpha value is -11.1. The number of thioether (sulfide) groups is 2. The smallest absolute Gasteiger partial charge is 0.326 e. The van der Waals surface area contributed by atoms with Gasteiger partial charge < -0.3 is 112 Å². The van der Waals surface area contributed by atoms with E-state index in [0.717, 1.165) is 4.90 Å². The number of nitrogens with zero attached hydrogens (tertiary/aromatic N) is 5. The number of aromatic amines is 1. The first-order valence-electron chi connectivity index (χ1n) is 36.9. The number of nitrogens with one attached hydrogen (secondary N) is 11. The molecule has 0 aliphatic carbocycles. The summed E-state index contributed by atoms with van der Waals surface area (Å²) in [6.07, 6.45) is 3.86. The number of aliphatic carboxylic acids is 2. The molecule has 0 spiro atoms. The fourth-order valence-electron chi connectivity index (χ4n) is 12.1. The number of ether oxygens (including phenoxy) is 1. The lowest BCUT2D eigenvalue weighted by Crippen LogP contribution is -2.62. The third kappa shape index (κ3) is 28.5. The van der Waals surface area contributed by atoms with Gasteiger partial charge in [-0.25, -0.2) is 9.48 Å². The van der Waals surface area contributed by atoms with E-state index in [1.54, 1.807) is 101 Å². The highest BCUT2D eigenvalue weighted by atomic mass is 32.2. The zero-order chi connectivity index (χ0) is 84.6. The molecule has 0 unspecified atom stereocenters. The van der Waals surface area contributed by atoms with Gasteiger partial charge in [-0.05, 0) is 111 Å². The van der Waals surface area contributed by atoms with E-state index < -0.39 is 211 Å². The SMILES string of the molecule is CC[C@H](C)[C@H](NC(=O)[C@@H](N)CCCN=C(N)N)C(=O)N[C@@H](CC(N)=O)C(=O)N[C@@H](CC(N)=O)C(=O)N[C@H](C(=O)N1C[C@@H](n2cc(-c3ccc(OC)cc3)nn2)C[C@H]1C(=O)N[C@@H](Cc1c[nH]c2ccccc12)C(=O)N[C@@H](CO)C(=O)N[C@@H](CCC(=O)O)C(=O)N[C@@H](C)C(=O)N[C@@H](CCSC)C(=O)N[C@@H](CCSC)C(=O)O)[C@@H](C)CC. The molecule has 13 amide bonds. The number of H-pyrrole nitrogens is 1. The van der Waals surface area contributed by atoms with Crippen molar-refractivity contribution in [3.63, 3.8) is 0 Å². The topological polar surface area (TPSA) is 638 Å². The van der Waals surface area contributed by atoms with Gasteiger partial charge in [0.05, 0.1) is 44.8 Å². The molecule has 42 heteroatoms. The van der Waals surface area contributed by atoms with Gasteiger partial charge in [0.2, 0.25) is 76.8 Å². The average molecular weight is 1630 g/mol. The van der Waals surface area contributed by atoms with Crippen LogP contribution in [0, 0.1) is 11.8 Å². The van der Waals surface area contributed by atoms with Gasteiger partial charge in [0, 0.05) is 55.0 Å². The molecule has 5 rings (SSSR count). The lowest BCUT2D eigenvalue weighted by molar-refractivity contribution is -0.144. The minimum absolute atomic E-state index is 0.0459. The molecular weight excluding hydrogens is 1530 g/mol. The van der Waals surface area contributed by atoms with Crippen LogP contribution < -0.4 is 86.6 Å². The Morgan fingerprint density at radius 3 is 1.74 bits per heavy atom. The van der Waals surface area contributed by atoms with Crippen LogP contribution in [-0.2, 0) is 78.3 Å². The van der Waals surface area contributed by atoms with Crippen LogP contribution in [0.1, 0.15) is 117 Å². The number of hydrogen-bond acceptors (Lipinski definition) is 23. The molecule has 1 saturated heterocycles. The van der Waals surface area contributed by atoms with Gasteiger partial charge in [0.1, 0.15) is 77.9 Å². The third-order valence-corrected chi connectivity index (χ3v) is 20.4. The van der Waals surface area contributed by atoms with Crippen molar-refractivity contribution in [2.75, 3.05) is 50.8 Å². The summed E-state index contributed by atoms with van der Waals surface area (Å²) in [5.41, 5.74) is 30.1. The van der Waals surface area contributed by atoms with Gasteiger partial charge in [-0.3, -0.25) is 72.1 Å². The standard InChI is InChI=1S/C72H107N21O19S2/c1-9-36(3)58(88-61(100)44(73)15-13-25-78-72(76)77)69(108)86-50(30-55(74)95)65(104)84-51(31-56(75)96)66(105)89-59(37(4)10-2)70(109)92-33-41(93-34-52(90-91-93)39-17-19-42(112-6)20-18-39)29-54(92)68(107)85-49(28-40-32-79-45-16-12-11-14-43(40)45)64(103)87-53(35-94)67(106)82-46(21-22-57(97)98)62(101)80-38(5)60(99)81-47(23-26-113-7)63(102)83-48(71(110)111)24-27-114-8/h11-12,14,16-20,32,34,36-38,41,44,46-51,53-54,58-59,79,94H,9-10,13,15,21-31,33,35,73H2,1-8H3,(H2,74,95)(H2,75,96)(H,80,101)(H,81,99)(H,82,106)(H,83,102)(H,84,104)(H,85,107)(H,86,108)(H,87,103)(H,88,100)(H,89,105)(H,97,98)(H,110,111)(H4,76,77,78)/t36-,37-,38-,41-,44-,46-,47-,48-,49-,50-,51-,53-,54-,58-,59-/m0/s1. The third-order valence-electron chi connectivity index (χ3n) is 19.1. The number of benzene rings is 2. The molecule has 24 N–H and O–H groups in total. The number of carbonyl (C=O) groups is 15. The number of carbonyl (C=O) groups excluding carboxylic acids is 13. The van der Waals surface area contributed by atoms with Crippen LogP contribution in [0.25, 0.3) is 22.2 Å². The maximum Gasteiger partial charge on any atom is 0.326 e. The molecule has 3 heterocycles. The Morgan fingerprint density at radius 1 is 0.623 bits per heavy atom. The summed E-state index contributed by atoms with van der Waals surface area (Å²) in [6, 6.07) is -6.08. The fraction of sp³-hybridized carbons (Fsp3) is 0.556. The molecule has 0 bridgehead atoms. The van der Waals surface area contributed by atoms with Crippen molar-refractivity contribution in [1.82, 2.24) is 78.0 Å². The lowest BCUT2D eigenvalue weighted by Gasteiger charge is -2.33. The summed E-state index contributed by atoms with van der Waals surface area (Å²) in [6.45, 7) is 6.48. The number of fused-ring (bicyclic) bond motifs is 1. The Morgan fingerprint density at radius 2 is 1.15 bits per heavy atom. The lowest BCUT2D eigenvalue weighted by atomic mass is 9.96. The molecule has 1 fully saturated rings. The van der Waals surface area contributed by atoms with Gasteiger partial charge in [0.25, 0.3) is 0 Å². The first kappa shape index (κ1) is 93.5. The first-order chi connectivity index (χ1) is 54.1. The number of nitrogens with two attached hydrogens (primary N) is 5. The molecule has 114 heavy (non-hydrogen) atoms. The van der Waals surface area contributed by atoms with Crippen molar-refractivity contribution in [3.05, 3.63) is 66.5 Å². The molecule has 2 aromatic carbocycles. The van der Waals surface area contributed by atoms with Gasteiger partial charge in [-0.1, -0.05) is 63.9 Å². The number of aliphatic hydroxyl groups is 1. The Labute approximate surface area is 666 Å². The zero-order valence-electron chi connectivity index (χ0n) is 64.8. The van der Waals surface area contributed by atoms with E-state index in [1.807, 2.05) is 0 Å². The number of aliphatic imine (C=N–C) groups is 1. The number of carboxylic acid groups (broad SMARTS) is 2. The Balaban J connectivity index is 1.48. The largest absolute Gasteiger partial charge is 0.497 e. The fourth-order valence-corrected chi connectivity index (χ4v) is 13.1. The van der Waals surface area contributed by atoms with Crippen molar-refractivity contribution in [3.8, 4) is 17.0 Å². The second-order valence-electron chi connectivity index (χ2n) is 27.6. The summed E-state index contributed by atoms with van der Waals surface area (Å²) in [5, 5.41) is 64.4. The zero-order valence-corrected chi connectivity index (χ0v) is 66.4. The van der Waals surface area contributed by atoms with Crippen molar-refractivity contribution in [2.24, 2.45) is 45.5 Å². The molecule has 0 radical (unpaired) electrons. The molecule has 1 aliphatic heterocycles. The predicted molar refractivity (Wildman–Crippen MR) is 420 cm³/mol. The van der Waals surface area contributed by atoms with E-state index in [0.29, 0.717) is 57.8 Å². The van der Waals surface area contributed by atoms with Crippen LogP contribution in [0.4, 0.5) is 0 Å². The van der Waals surface area contributed by atoms with E-state index in [9.17, 15) is 72.9 Å². The summed E-state index contributed by atoms with van der Waals surface area (Å²) in [4.78, 5) is 216. The van der Waals surface area contributed by atoms with E-state index in [1.165, 1.54) is 42.2 Å². The Kier molecular flexibility index (Phi) is 37.8. The van der Waals surface area contributed by atoms with E-state index >= 15 is 14.4 Å². The summed E-state index contributed by atoms with van der Waals surface area (Å²) < 4.78 is 6.74. The monoisotopic (exact) mass is 1630 g/mol. The van der Waals surface area contributed by atoms with E-state index in [-0.39, 0.29) is 57.6 Å². The van der Waals surface area contributed by atoms with Crippen LogP contribution in [0.5, 0.6) is 5.75 Å². The van der Waals surface area contributed by atoms with Gasteiger partial charge >= 0.3 is 11.9 Å². The molecule has 0 saturated carbocycles. The molecule has 1 aliphatic rings. The molecule has 626 valence electrons. The highest BCUT2D eigenvalue weighted by Gasteiger charge is 2.46. The number of para-hydroxylation sites is 1. The number of carboxylic acids is 2. The number of guanidine groups is 1. The highest BCUT2D eigenvalue weighted by Crippen LogP contribution is 2.32. The Bertz CT molecular complexity index is 4050. The predicted octanol–water partition coefficient (Wildman–Crippen LogP) is -3.64.